The number of rotatable bonds is 5. The first kappa shape index (κ1) is 18.7. The van der Waals surface area contributed by atoms with Crippen LogP contribution in [0.15, 0.2) is 48.5 Å². The molecule has 0 saturated carbocycles. The first-order valence-electron chi connectivity index (χ1n) is 8.91. The Balaban J connectivity index is 1.49. The molecule has 3 rings (SSSR count). The molecule has 1 saturated heterocycles. The second-order valence-electron chi connectivity index (χ2n) is 6.66. The van der Waals surface area contributed by atoms with Gasteiger partial charge in [0.05, 0.1) is 36.9 Å². The molecule has 1 aliphatic heterocycles. The van der Waals surface area contributed by atoms with Crippen molar-refractivity contribution in [1.82, 2.24) is 5.32 Å². The summed E-state index contributed by atoms with van der Waals surface area (Å²) in [5.41, 5.74) is 1.95. The lowest BCUT2D eigenvalue weighted by Gasteiger charge is -2.36. The molecule has 0 unspecified atom stereocenters. The molecule has 0 aliphatic carbocycles. The van der Waals surface area contributed by atoms with E-state index in [0.29, 0.717) is 6.54 Å². The third kappa shape index (κ3) is 4.54. The van der Waals surface area contributed by atoms with Crippen LogP contribution in [0, 0.1) is 5.82 Å². The Labute approximate surface area is 158 Å². The molecule has 4 nitrogen and oxygen atoms in total. The highest BCUT2D eigenvalue weighted by Crippen LogP contribution is 2.24. The van der Waals surface area contributed by atoms with Gasteiger partial charge in [-0.15, -0.1) is 0 Å². The summed E-state index contributed by atoms with van der Waals surface area (Å²) in [6.07, 6.45) is 0. The molecular weight excluding hydrogens is 353 g/mol. The number of carbonyl (C=O) groups excluding carboxylic acids is 1. The molecule has 1 heterocycles. The molecule has 6 heteroatoms. The Morgan fingerprint density at radius 2 is 1.85 bits per heavy atom. The van der Waals surface area contributed by atoms with Crippen molar-refractivity contribution < 1.29 is 14.1 Å². The minimum absolute atomic E-state index is 0.0236. The van der Waals surface area contributed by atoms with E-state index in [2.05, 4.69) is 10.2 Å². The molecule has 2 N–H and O–H groups in total. The van der Waals surface area contributed by atoms with E-state index in [1.165, 1.54) is 17.0 Å². The predicted octanol–water partition coefficient (Wildman–Crippen LogP) is 1.89. The van der Waals surface area contributed by atoms with Crippen molar-refractivity contribution in [2.24, 2.45) is 0 Å². The van der Waals surface area contributed by atoms with Crippen LogP contribution in [0.2, 0.25) is 5.02 Å². The van der Waals surface area contributed by atoms with Crippen LogP contribution >= 0.6 is 11.6 Å². The minimum Gasteiger partial charge on any atom is -0.359 e. The molecular formula is C20H24ClFN3O+. The van der Waals surface area contributed by atoms with Gasteiger partial charge in [-0.2, -0.15) is 0 Å². The van der Waals surface area contributed by atoms with Gasteiger partial charge in [-0.1, -0.05) is 35.9 Å². The number of halogens is 2. The summed E-state index contributed by atoms with van der Waals surface area (Å²) >= 11 is 6.28. The fraction of sp³-hybridized carbons (Fsp3) is 0.350. The summed E-state index contributed by atoms with van der Waals surface area (Å²) in [5, 5.41) is 3.72. The molecule has 0 spiro atoms. The zero-order valence-electron chi connectivity index (χ0n) is 14.8. The van der Waals surface area contributed by atoms with Gasteiger partial charge < -0.3 is 15.1 Å². The molecule has 1 atom stereocenters. The van der Waals surface area contributed by atoms with Crippen molar-refractivity contribution in [2.75, 3.05) is 31.1 Å². The number of anilines is 1. The normalized spacial score (nSPS) is 16.3. The van der Waals surface area contributed by atoms with Gasteiger partial charge in [-0.05, 0) is 36.8 Å². The third-order valence-corrected chi connectivity index (χ3v) is 5.30. The largest absolute Gasteiger partial charge is 0.359 e. The zero-order valence-corrected chi connectivity index (χ0v) is 15.6. The quantitative estimate of drug-likeness (QED) is 0.836. The van der Waals surface area contributed by atoms with Gasteiger partial charge in [-0.3, -0.25) is 4.79 Å². The molecule has 2 aromatic rings. The van der Waals surface area contributed by atoms with Crippen LogP contribution < -0.4 is 15.1 Å². The number of para-hydroxylation sites is 1. The van der Waals surface area contributed by atoms with Gasteiger partial charge in [-0.25, -0.2) is 4.39 Å². The Hall–Kier alpha value is -2.11. The molecule has 0 aromatic heterocycles. The molecule has 1 amide bonds. The van der Waals surface area contributed by atoms with Crippen LogP contribution in [0.1, 0.15) is 12.5 Å². The topological polar surface area (TPSA) is 36.8 Å². The molecule has 1 fully saturated rings. The fourth-order valence-corrected chi connectivity index (χ4v) is 3.56. The summed E-state index contributed by atoms with van der Waals surface area (Å²) < 4.78 is 12.9. The number of benzene rings is 2. The number of nitrogens with zero attached hydrogens (tertiary/aromatic N) is 1. The number of carbonyl (C=O) groups is 1. The van der Waals surface area contributed by atoms with Crippen LogP contribution in [-0.2, 0) is 11.3 Å². The van der Waals surface area contributed by atoms with E-state index in [1.807, 2.05) is 31.2 Å². The Kier molecular flexibility index (Phi) is 6.12. The number of hydrogen-bond donors (Lipinski definition) is 2. The van der Waals surface area contributed by atoms with Gasteiger partial charge in [0.2, 0.25) is 0 Å². The summed E-state index contributed by atoms with van der Waals surface area (Å²) in [4.78, 5) is 16.0. The average molecular weight is 377 g/mol. The van der Waals surface area contributed by atoms with Gasteiger partial charge in [0, 0.05) is 6.54 Å². The van der Waals surface area contributed by atoms with E-state index in [4.69, 9.17) is 11.6 Å². The maximum Gasteiger partial charge on any atom is 0.278 e. The molecule has 2 aromatic carbocycles. The number of hydrogen-bond acceptors (Lipinski definition) is 2. The minimum atomic E-state index is -0.269. The van der Waals surface area contributed by atoms with E-state index < -0.39 is 0 Å². The van der Waals surface area contributed by atoms with Gasteiger partial charge in [0.1, 0.15) is 5.82 Å². The van der Waals surface area contributed by atoms with Gasteiger partial charge in [0.25, 0.3) is 5.91 Å². The van der Waals surface area contributed by atoms with Crippen molar-refractivity contribution >= 4 is 23.2 Å². The SMILES string of the molecule is C[C@@H](C(=O)NCc1ccc(F)cc1)[NH+]1CCN(c2ccccc2Cl)CC1. The van der Waals surface area contributed by atoms with Crippen LogP contribution in [0.25, 0.3) is 0 Å². The number of piperazine rings is 1. The first-order valence-corrected chi connectivity index (χ1v) is 9.28. The first-order chi connectivity index (χ1) is 12.5. The van der Waals surface area contributed by atoms with Crippen LogP contribution in [0.3, 0.4) is 0 Å². The zero-order chi connectivity index (χ0) is 18.5. The second-order valence-corrected chi connectivity index (χ2v) is 7.07. The summed E-state index contributed by atoms with van der Waals surface area (Å²) in [6.45, 7) is 5.89. The highest BCUT2D eigenvalue weighted by molar-refractivity contribution is 6.33. The van der Waals surface area contributed by atoms with Gasteiger partial charge in [0.15, 0.2) is 6.04 Å². The standard InChI is InChI=1S/C20H23ClFN3O/c1-15(20(26)23-14-16-6-8-17(22)9-7-16)24-10-12-25(13-11-24)19-5-3-2-4-18(19)21/h2-9,15H,10-14H2,1H3,(H,23,26)/p+1/t15-/m0/s1. The summed E-state index contributed by atoms with van der Waals surface area (Å²) in [5.74, 6) is -0.246. The number of amides is 1. The molecule has 0 bridgehead atoms. The summed E-state index contributed by atoms with van der Waals surface area (Å²) in [6, 6.07) is 13.9. The average Bonchev–Trinajstić information content (AvgIpc) is 2.67. The lowest BCUT2D eigenvalue weighted by atomic mass is 10.2. The Bertz CT molecular complexity index is 745. The lowest BCUT2D eigenvalue weighted by molar-refractivity contribution is -0.914. The Morgan fingerprint density at radius 3 is 2.50 bits per heavy atom. The van der Waals surface area contributed by atoms with E-state index >= 15 is 0 Å². The number of quaternary nitrogens is 1. The lowest BCUT2D eigenvalue weighted by Crippen LogP contribution is -3.19. The van der Waals surface area contributed by atoms with Crippen molar-refractivity contribution in [2.45, 2.75) is 19.5 Å². The van der Waals surface area contributed by atoms with Crippen LogP contribution in [0.4, 0.5) is 10.1 Å². The molecule has 138 valence electrons. The monoisotopic (exact) mass is 376 g/mol. The molecule has 1 aliphatic rings. The predicted molar refractivity (Wildman–Crippen MR) is 102 cm³/mol. The van der Waals surface area contributed by atoms with Crippen molar-refractivity contribution in [3.63, 3.8) is 0 Å². The van der Waals surface area contributed by atoms with Crippen LogP contribution in [0.5, 0.6) is 0 Å². The van der Waals surface area contributed by atoms with E-state index in [0.717, 1.165) is 42.5 Å². The maximum absolute atomic E-state index is 12.9. The van der Waals surface area contributed by atoms with E-state index in [9.17, 15) is 9.18 Å². The van der Waals surface area contributed by atoms with E-state index in [-0.39, 0.29) is 17.8 Å². The van der Waals surface area contributed by atoms with Gasteiger partial charge >= 0.3 is 0 Å². The Morgan fingerprint density at radius 1 is 1.19 bits per heavy atom. The maximum atomic E-state index is 12.9. The molecule has 26 heavy (non-hydrogen) atoms. The van der Waals surface area contributed by atoms with Crippen LogP contribution in [-0.4, -0.2) is 38.1 Å². The summed E-state index contributed by atoms with van der Waals surface area (Å²) in [7, 11) is 0. The molecule has 0 radical (unpaired) electrons. The van der Waals surface area contributed by atoms with Crippen molar-refractivity contribution in [3.8, 4) is 0 Å². The number of nitrogens with one attached hydrogen (secondary N) is 2. The smallest absolute Gasteiger partial charge is 0.278 e. The fourth-order valence-electron chi connectivity index (χ4n) is 3.31. The second kappa shape index (κ2) is 8.52. The highest BCUT2D eigenvalue weighted by Gasteiger charge is 2.29. The highest BCUT2D eigenvalue weighted by atomic mass is 35.5. The third-order valence-electron chi connectivity index (χ3n) is 4.98. The van der Waals surface area contributed by atoms with E-state index in [1.54, 1.807) is 12.1 Å². The van der Waals surface area contributed by atoms with Crippen molar-refractivity contribution in [1.29, 1.82) is 0 Å². The van der Waals surface area contributed by atoms with Crippen molar-refractivity contribution in [3.05, 3.63) is 64.9 Å².